The van der Waals surface area contributed by atoms with Crippen LogP contribution in [0, 0.1) is 6.92 Å². The number of aryl methyl sites for hydroxylation is 2. The molecule has 2 aromatic rings. The number of carboxylic acids is 1. The second-order valence-electron chi connectivity index (χ2n) is 4.11. The molecule has 0 fully saturated rings. The molecule has 0 aliphatic carbocycles. The highest BCUT2D eigenvalue weighted by molar-refractivity contribution is 5.90. The molecule has 90 valence electrons. The lowest BCUT2D eigenvalue weighted by atomic mass is 10.2. The molecule has 1 N–H and O–H groups in total. The molecular weight excluding hydrogens is 218 g/mol. The number of aliphatic carboxylic acids is 1. The summed E-state index contributed by atoms with van der Waals surface area (Å²) in [7, 11) is 3.71. The molecule has 1 aromatic heterocycles. The lowest BCUT2D eigenvalue weighted by molar-refractivity contribution is -0.135. The van der Waals surface area contributed by atoms with E-state index in [1.165, 1.54) is 0 Å². The van der Waals surface area contributed by atoms with Crippen molar-refractivity contribution in [2.24, 2.45) is 7.05 Å². The van der Waals surface area contributed by atoms with Crippen LogP contribution in [-0.4, -0.2) is 34.2 Å². The second kappa shape index (κ2) is 4.08. The van der Waals surface area contributed by atoms with E-state index in [9.17, 15) is 4.79 Å². The molecule has 0 saturated carbocycles. The fourth-order valence-corrected chi connectivity index (χ4v) is 1.91. The highest BCUT2D eigenvalue weighted by Gasteiger charge is 2.13. The van der Waals surface area contributed by atoms with Crippen molar-refractivity contribution >= 4 is 22.7 Å². The number of rotatable bonds is 3. The van der Waals surface area contributed by atoms with Gasteiger partial charge in [-0.2, -0.15) is 0 Å². The highest BCUT2D eigenvalue weighted by atomic mass is 16.4. The smallest absolute Gasteiger partial charge is 0.323 e. The zero-order chi connectivity index (χ0) is 12.6. The quantitative estimate of drug-likeness (QED) is 0.870. The van der Waals surface area contributed by atoms with Gasteiger partial charge in [0.25, 0.3) is 0 Å². The molecular formula is C12H15N3O2. The van der Waals surface area contributed by atoms with Crippen molar-refractivity contribution in [2.75, 3.05) is 18.5 Å². The van der Waals surface area contributed by atoms with Crippen molar-refractivity contribution in [1.29, 1.82) is 0 Å². The maximum Gasteiger partial charge on any atom is 0.323 e. The molecule has 0 saturated heterocycles. The molecule has 0 spiro atoms. The van der Waals surface area contributed by atoms with Crippen LogP contribution in [0.2, 0.25) is 0 Å². The van der Waals surface area contributed by atoms with Gasteiger partial charge in [-0.15, -0.1) is 0 Å². The van der Waals surface area contributed by atoms with Crippen LogP contribution in [0.25, 0.3) is 11.0 Å². The Morgan fingerprint density at radius 2 is 2.24 bits per heavy atom. The maximum atomic E-state index is 10.7. The van der Waals surface area contributed by atoms with Crippen LogP contribution in [-0.2, 0) is 11.8 Å². The molecule has 0 amide bonds. The van der Waals surface area contributed by atoms with Gasteiger partial charge in [-0.05, 0) is 19.1 Å². The summed E-state index contributed by atoms with van der Waals surface area (Å²) < 4.78 is 1.99. The number of benzene rings is 1. The van der Waals surface area contributed by atoms with E-state index in [0.717, 1.165) is 22.5 Å². The number of likely N-dealkylation sites (N-methyl/N-ethyl adjacent to an activating group) is 1. The maximum absolute atomic E-state index is 10.7. The van der Waals surface area contributed by atoms with Gasteiger partial charge in [0.2, 0.25) is 0 Å². The van der Waals surface area contributed by atoms with Crippen LogP contribution < -0.4 is 4.90 Å². The summed E-state index contributed by atoms with van der Waals surface area (Å²) in [6.07, 6.45) is 0. The number of aromatic nitrogens is 2. The number of hydrogen-bond donors (Lipinski definition) is 1. The number of carboxylic acid groups (broad SMARTS) is 1. The van der Waals surface area contributed by atoms with Crippen molar-refractivity contribution in [3.63, 3.8) is 0 Å². The van der Waals surface area contributed by atoms with E-state index in [-0.39, 0.29) is 6.54 Å². The number of nitrogens with zero attached hydrogens (tertiary/aromatic N) is 3. The van der Waals surface area contributed by atoms with E-state index < -0.39 is 5.97 Å². The molecule has 5 nitrogen and oxygen atoms in total. The number of hydrogen-bond acceptors (Lipinski definition) is 3. The third-order valence-corrected chi connectivity index (χ3v) is 2.90. The van der Waals surface area contributed by atoms with Gasteiger partial charge in [-0.25, -0.2) is 4.98 Å². The second-order valence-corrected chi connectivity index (χ2v) is 4.11. The molecule has 0 aliphatic rings. The Bertz CT molecular complexity index is 574. The van der Waals surface area contributed by atoms with E-state index in [1.54, 1.807) is 11.9 Å². The third kappa shape index (κ3) is 1.95. The molecule has 0 radical (unpaired) electrons. The Morgan fingerprint density at radius 1 is 1.53 bits per heavy atom. The summed E-state index contributed by atoms with van der Waals surface area (Å²) in [4.78, 5) is 16.9. The number of anilines is 1. The van der Waals surface area contributed by atoms with Crippen LogP contribution in [0.5, 0.6) is 0 Å². The fraction of sp³-hybridized carbons (Fsp3) is 0.333. The molecule has 5 heteroatoms. The topological polar surface area (TPSA) is 58.4 Å². The van der Waals surface area contributed by atoms with Gasteiger partial charge in [-0.3, -0.25) is 4.79 Å². The average molecular weight is 233 g/mol. The van der Waals surface area contributed by atoms with Crippen molar-refractivity contribution < 1.29 is 9.90 Å². The zero-order valence-electron chi connectivity index (χ0n) is 10.1. The summed E-state index contributed by atoms with van der Waals surface area (Å²) in [6, 6.07) is 5.78. The summed E-state index contributed by atoms with van der Waals surface area (Å²) >= 11 is 0. The van der Waals surface area contributed by atoms with Crippen LogP contribution in [0.4, 0.5) is 5.69 Å². The summed E-state index contributed by atoms with van der Waals surface area (Å²) in [6.45, 7) is 1.90. The first-order valence-electron chi connectivity index (χ1n) is 5.35. The van der Waals surface area contributed by atoms with Crippen molar-refractivity contribution in [1.82, 2.24) is 9.55 Å². The van der Waals surface area contributed by atoms with E-state index in [2.05, 4.69) is 4.98 Å². The predicted molar refractivity (Wildman–Crippen MR) is 66.4 cm³/mol. The lowest BCUT2D eigenvalue weighted by Crippen LogP contribution is -2.25. The van der Waals surface area contributed by atoms with E-state index in [1.807, 2.05) is 36.7 Å². The van der Waals surface area contributed by atoms with E-state index in [4.69, 9.17) is 5.11 Å². The Kier molecular flexibility index (Phi) is 2.75. The minimum Gasteiger partial charge on any atom is -0.480 e. The van der Waals surface area contributed by atoms with E-state index in [0.29, 0.717) is 0 Å². The van der Waals surface area contributed by atoms with Crippen LogP contribution >= 0.6 is 0 Å². The SMILES string of the molecule is Cc1nc2c(N(C)CC(=O)O)cccc2n1C. The van der Waals surface area contributed by atoms with Gasteiger partial charge in [0.1, 0.15) is 17.9 Å². The summed E-state index contributed by atoms with van der Waals surface area (Å²) in [5, 5.41) is 8.81. The Morgan fingerprint density at radius 3 is 2.88 bits per heavy atom. The Balaban J connectivity index is 2.54. The van der Waals surface area contributed by atoms with Gasteiger partial charge in [0, 0.05) is 14.1 Å². The standard InChI is InChI=1S/C12H15N3O2/c1-8-13-12-9(14(2)7-11(16)17)5-4-6-10(12)15(8)3/h4-6H,7H2,1-3H3,(H,16,17). The fourth-order valence-electron chi connectivity index (χ4n) is 1.91. The first kappa shape index (κ1) is 11.4. The summed E-state index contributed by atoms with van der Waals surface area (Å²) in [5.41, 5.74) is 2.70. The van der Waals surface area contributed by atoms with Gasteiger partial charge in [0.15, 0.2) is 0 Å². The first-order valence-corrected chi connectivity index (χ1v) is 5.35. The summed E-state index contributed by atoms with van der Waals surface area (Å²) in [5.74, 6) is 0.0633. The average Bonchev–Trinajstić information content (AvgIpc) is 2.54. The van der Waals surface area contributed by atoms with Crippen LogP contribution in [0.15, 0.2) is 18.2 Å². The molecule has 0 unspecified atom stereocenters. The van der Waals surface area contributed by atoms with Gasteiger partial charge >= 0.3 is 5.97 Å². The predicted octanol–water partition coefficient (Wildman–Crippen LogP) is 1.40. The Hall–Kier alpha value is -2.04. The van der Waals surface area contributed by atoms with E-state index >= 15 is 0 Å². The largest absolute Gasteiger partial charge is 0.480 e. The van der Waals surface area contributed by atoms with Crippen molar-refractivity contribution in [2.45, 2.75) is 6.92 Å². The molecule has 1 aromatic carbocycles. The lowest BCUT2D eigenvalue weighted by Gasteiger charge is -2.16. The van der Waals surface area contributed by atoms with Crippen molar-refractivity contribution in [3.05, 3.63) is 24.0 Å². The third-order valence-electron chi connectivity index (χ3n) is 2.90. The first-order chi connectivity index (χ1) is 8.00. The van der Waals surface area contributed by atoms with Gasteiger partial charge in [0.05, 0.1) is 11.2 Å². The van der Waals surface area contributed by atoms with Gasteiger partial charge < -0.3 is 14.6 Å². The van der Waals surface area contributed by atoms with Gasteiger partial charge in [-0.1, -0.05) is 6.07 Å². The molecule has 0 bridgehead atoms. The monoisotopic (exact) mass is 233 g/mol. The number of fused-ring (bicyclic) bond motifs is 1. The Labute approximate surface area is 99.3 Å². The number of carbonyl (C=O) groups is 1. The normalized spacial score (nSPS) is 10.8. The zero-order valence-corrected chi connectivity index (χ0v) is 10.1. The molecule has 17 heavy (non-hydrogen) atoms. The minimum atomic E-state index is -0.850. The molecule has 1 heterocycles. The minimum absolute atomic E-state index is 0.0330. The van der Waals surface area contributed by atoms with Crippen molar-refractivity contribution in [3.8, 4) is 0 Å². The number of imidazole rings is 1. The number of para-hydroxylation sites is 1. The van der Waals surface area contributed by atoms with Crippen LogP contribution in [0.3, 0.4) is 0 Å². The van der Waals surface area contributed by atoms with Crippen LogP contribution in [0.1, 0.15) is 5.82 Å². The molecule has 0 aliphatic heterocycles. The molecule has 0 atom stereocenters. The highest BCUT2D eigenvalue weighted by Crippen LogP contribution is 2.25. The molecule has 2 rings (SSSR count).